The van der Waals surface area contributed by atoms with E-state index in [4.69, 9.17) is 0 Å². The van der Waals surface area contributed by atoms with Crippen molar-refractivity contribution < 1.29 is 4.79 Å². The first-order valence-corrected chi connectivity index (χ1v) is 7.90. The average molecular weight is 345 g/mol. The van der Waals surface area contributed by atoms with E-state index in [1.807, 2.05) is 31.2 Å². The number of nitrogens with one attached hydrogen (secondary N) is 1. The number of amides is 1. The zero-order valence-corrected chi connectivity index (χ0v) is 13.4. The molecule has 3 nitrogen and oxygen atoms in total. The van der Waals surface area contributed by atoms with E-state index in [2.05, 4.69) is 38.4 Å². The lowest BCUT2D eigenvalue weighted by atomic mass is 10.1. The fraction of sp³-hybridized carbons (Fsp3) is 0.294. The largest absolute Gasteiger partial charge is 0.349 e. The van der Waals surface area contributed by atoms with Crippen LogP contribution in [0, 0.1) is 5.92 Å². The van der Waals surface area contributed by atoms with Gasteiger partial charge in [0, 0.05) is 22.8 Å². The van der Waals surface area contributed by atoms with Gasteiger partial charge >= 0.3 is 0 Å². The molecular weight excluding hydrogens is 328 g/mol. The first kappa shape index (κ1) is 14.3. The zero-order chi connectivity index (χ0) is 14.8. The minimum Gasteiger partial charge on any atom is -0.349 e. The maximum Gasteiger partial charge on any atom is 0.224 e. The number of hydrogen-bond donors (Lipinski definition) is 1. The lowest BCUT2D eigenvalue weighted by Crippen LogP contribution is -2.28. The second-order valence-corrected chi connectivity index (χ2v) is 6.43. The smallest absolute Gasteiger partial charge is 0.224 e. The van der Waals surface area contributed by atoms with Crippen LogP contribution in [0.15, 0.2) is 53.3 Å². The molecule has 0 unspecified atom stereocenters. The van der Waals surface area contributed by atoms with Crippen molar-refractivity contribution in [3.8, 4) is 0 Å². The van der Waals surface area contributed by atoms with E-state index in [1.165, 1.54) is 5.56 Å². The summed E-state index contributed by atoms with van der Waals surface area (Å²) in [5.74, 6) is 0.601. The van der Waals surface area contributed by atoms with Gasteiger partial charge in [-0.2, -0.15) is 0 Å². The lowest BCUT2D eigenvalue weighted by molar-refractivity contribution is -0.123. The van der Waals surface area contributed by atoms with Crippen LogP contribution in [0.3, 0.4) is 0 Å². The number of carbonyl (C=O) groups excluding carboxylic acids is 1. The minimum absolute atomic E-state index is 0.00244. The summed E-state index contributed by atoms with van der Waals surface area (Å²) in [5, 5.41) is 3.08. The van der Waals surface area contributed by atoms with Gasteiger partial charge in [0.2, 0.25) is 5.91 Å². The first-order valence-electron chi connectivity index (χ1n) is 7.11. The maximum atomic E-state index is 12.3. The molecule has 2 aromatic rings. The summed E-state index contributed by atoms with van der Waals surface area (Å²) >= 11 is 3.43. The molecule has 3 rings (SSSR count). The summed E-state index contributed by atoms with van der Waals surface area (Å²) in [6.45, 7) is 1.99. The van der Waals surface area contributed by atoms with Crippen LogP contribution in [-0.2, 0) is 4.79 Å². The van der Waals surface area contributed by atoms with Crippen LogP contribution >= 0.6 is 15.9 Å². The third-order valence-electron chi connectivity index (χ3n) is 3.97. The molecule has 21 heavy (non-hydrogen) atoms. The predicted octanol–water partition coefficient (Wildman–Crippen LogP) is 3.83. The maximum absolute atomic E-state index is 12.3. The SMILES string of the molecule is C[C@H](NC(=O)[C@H]1C[C@@H]1c1ccc(Br)cc1)c1cccnc1. The molecule has 1 fully saturated rings. The van der Waals surface area contributed by atoms with Crippen molar-refractivity contribution in [2.24, 2.45) is 5.92 Å². The molecule has 1 aromatic carbocycles. The number of aromatic nitrogens is 1. The Morgan fingerprint density at radius 3 is 2.76 bits per heavy atom. The monoisotopic (exact) mass is 344 g/mol. The minimum atomic E-state index is -0.00244. The van der Waals surface area contributed by atoms with Crippen LogP contribution in [-0.4, -0.2) is 10.9 Å². The van der Waals surface area contributed by atoms with Gasteiger partial charge in [0.1, 0.15) is 0 Å². The number of nitrogens with zero attached hydrogens (tertiary/aromatic N) is 1. The molecule has 0 saturated heterocycles. The third kappa shape index (κ3) is 3.32. The highest BCUT2D eigenvalue weighted by molar-refractivity contribution is 9.10. The van der Waals surface area contributed by atoms with Crippen molar-refractivity contribution in [3.63, 3.8) is 0 Å². The van der Waals surface area contributed by atoms with E-state index in [0.717, 1.165) is 16.5 Å². The standard InChI is InChI=1S/C17H17BrN2O/c1-11(13-3-2-8-19-10-13)20-17(21)16-9-15(16)12-4-6-14(18)7-5-12/h2-8,10-11,15-16H,9H2,1H3,(H,20,21)/t11-,15+,16-/m0/s1. The van der Waals surface area contributed by atoms with Crippen LogP contribution < -0.4 is 5.32 Å². The first-order chi connectivity index (χ1) is 10.1. The highest BCUT2D eigenvalue weighted by Crippen LogP contribution is 2.47. The van der Waals surface area contributed by atoms with Gasteiger partial charge in [-0.1, -0.05) is 34.1 Å². The summed E-state index contributed by atoms with van der Waals surface area (Å²) < 4.78 is 1.07. The number of benzene rings is 1. The van der Waals surface area contributed by atoms with E-state index >= 15 is 0 Å². The molecular formula is C17H17BrN2O. The molecule has 0 radical (unpaired) electrons. The molecule has 0 spiro atoms. The highest BCUT2D eigenvalue weighted by atomic mass is 79.9. The molecule has 3 atom stereocenters. The summed E-state index contributed by atoms with van der Waals surface area (Å²) in [6, 6.07) is 12.1. The van der Waals surface area contributed by atoms with Gasteiger partial charge in [-0.25, -0.2) is 0 Å². The van der Waals surface area contributed by atoms with Gasteiger partial charge in [-0.3, -0.25) is 9.78 Å². The fourth-order valence-electron chi connectivity index (χ4n) is 2.60. The summed E-state index contributed by atoms with van der Waals surface area (Å²) in [7, 11) is 0. The van der Waals surface area contributed by atoms with Gasteiger partial charge in [0.25, 0.3) is 0 Å². The second-order valence-electron chi connectivity index (χ2n) is 5.52. The van der Waals surface area contributed by atoms with Gasteiger partial charge < -0.3 is 5.32 Å². The molecule has 1 N–H and O–H groups in total. The number of hydrogen-bond acceptors (Lipinski definition) is 2. The summed E-state index contributed by atoms with van der Waals surface area (Å²) in [6.07, 6.45) is 4.47. The molecule has 1 saturated carbocycles. The zero-order valence-electron chi connectivity index (χ0n) is 11.8. The van der Waals surface area contributed by atoms with E-state index in [1.54, 1.807) is 12.4 Å². The molecule has 4 heteroatoms. The molecule has 108 valence electrons. The molecule has 0 aliphatic heterocycles. The Hall–Kier alpha value is -1.68. The fourth-order valence-corrected chi connectivity index (χ4v) is 2.86. The normalized spacial score (nSPS) is 21.6. The molecule has 1 amide bonds. The van der Waals surface area contributed by atoms with Crippen LogP contribution in [0.5, 0.6) is 0 Å². The summed E-state index contributed by atoms with van der Waals surface area (Å²) in [4.78, 5) is 16.4. The summed E-state index contributed by atoms with van der Waals surface area (Å²) in [5.41, 5.74) is 2.28. The Morgan fingerprint density at radius 1 is 1.33 bits per heavy atom. The van der Waals surface area contributed by atoms with E-state index in [9.17, 15) is 4.79 Å². The molecule has 0 bridgehead atoms. The number of halogens is 1. The quantitative estimate of drug-likeness (QED) is 0.915. The topological polar surface area (TPSA) is 42.0 Å². The molecule has 1 aromatic heterocycles. The third-order valence-corrected chi connectivity index (χ3v) is 4.50. The molecule has 1 aliphatic rings. The van der Waals surface area contributed by atoms with Crippen LogP contribution in [0.1, 0.15) is 36.4 Å². The lowest BCUT2D eigenvalue weighted by Gasteiger charge is -2.13. The van der Waals surface area contributed by atoms with Crippen LogP contribution in [0.25, 0.3) is 0 Å². The van der Waals surface area contributed by atoms with Gasteiger partial charge in [0.15, 0.2) is 0 Å². The van der Waals surface area contributed by atoms with Crippen molar-refractivity contribution in [1.29, 1.82) is 0 Å². The van der Waals surface area contributed by atoms with E-state index in [0.29, 0.717) is 5.92 Å². The van der Waals surface area contributed by atoms with Crippen molar-refractivity contribution in [1.82, 2.24) is 10.3 Å². The number of pyridine rings is 1. The van der Waals surface area contributed by atoms with Crippen molar-refractivity contribution >= 4 is 21.8 Å². The van der Waals surface area contributed by atoms with E-state index < -0.39 is 0 Å². The molecule has 1 heterocycles. The highest BCUT2D eigenvalue weighted by Gasteiger charge is 2.44. The van der Waals surface area contributed by atoms with Crippen molar-refractivity contribution in [2.45, 2.75) is 25.3 Å². The van der Waals surface area contributed by atoms with Crippen molar-refractivity contribution in [2.75, 3.05) is 0 Å². The van der Waals surface area contributed by atoms with Gasteiger partial charge in [-0.05, 0) is 48.6 Å². The predicted molar refractivity (Wildman–Crippen MR) is 85.8 cm³/mol. The van der Waals surface area contributed by atoms with Gasteiger partial charge in [-0.15, -0.1) is 0 Å². The van der Waals surface area contributed by atoms with Crippen LogP contribution in [0.4, 0.5) is 0 Å². The Balaban J connectivity index is 1.59. The Labute approximate surface area is 132 Å². The second kappa shape index (κ2) is 5.98. The Bertz CT molecular complexity index is 627. The Kier molecular flexibility index (Phi) is 4.06. The van der Waals surface area contributed by atoms with Crippen LogP contribution in [0.2, 0.25) is 0 Å². The van der Waals surface area contributed by atoms with Gasteiger partial charge in [0.05, 0.1) is 6.04 Å². The number of carbonyl (C=O) groups is 1. The Morgan fingerprint density at radius 2 is 2.10 bits per heavy atom. The average Bonchev–Trinajstić information content (AvgIpc) is 3.29. The van der Waals surface area contributed by atoms with Crippen molar-refractivity contribution in [3.05, 3.63) is 64.4 Å². The molecule has 1 aliphatic carbocycles. The van der Waals surface area contributed by atoms with E-state index in [-0.39, 0.29) is 17.9 Å². The number of rotatable bonds is 4.